The summed E-state index contributed by atoms with van der Waals surface area (Å²) < 4.78 is 0. The predicted octanol–water partition coefficient (Wildman–Crippen LogP) is 4.33. The summed E-state index contributed by atoms with van der Waals surface area (Å²) in [5.41, 5.74) is 7.55. The predicted molar refractivity (Wildman–Crippen MR) is 77.9 cm³/mol. The van der Waals surface area contributed by atoms with Crippen molar-refractivity contribution in [2.24, 2.45) is 0 Å². The highest BCUT2D eigenvalue weighted by molar-refractivity contribution is 6.33. The van der Waals surface area contributed by atoms with Gasteiger partial charge in [-0.1, -0.05) is 31.9 Å². The Morgan fingerprint density at radius 2 is 2.06 bits per heavy atom. The largest absolute Gasteiger partial charge is 0.399 e. The van der Waals surface area contributed by atoms with E-state index in [0.717, 1.165) is 29.4 Å². The molecular formula is C14H23ClN2. The summed E-state index contributed by atoms with van der Waals surface area (Å²) in [4.78, 5) is 2.38. The lowest BCUT2D eigenvalue weighted by Gasteiger charge is -2.31. The zero-order chi connectivity index (χ0) is 12.8. The average molecular weight is 255 g/mol. The van der Waals surface area contributed by atoms with Crippen LogP contribution in [0.25, 0.3) is 0 Å². The highest BCUT2D eigenvalue weighted by Gasteiger charge is 2.15. The van der Waals surface area contributed by atoms with Crippen LogP contribution in [0.2, 0.25) is 5.02 Å². The summed E-state index contributed by atoms with van der Waals surface area (Å²) >= 11 is 6.28. The van der Waals surface area contributed by atoms with E-state index in [1.54, 1.807) is 0 Å². The van der Waals surface area contributed by atoms with Gasteiger partial charge < -0.3 is 10.6 Å². The summed E-state index contributed by atoms with van der Waals surface area (Å²) in [5.74, 6) is 0. The highest BCUT2D eigenvalue weighted by atomic mass is 35.5. The first-order chi connectivity index (χ1) is 8.10. The van der Waals surface area contributed by atoms with E-state index < -0.39 is 0 Å². The Morgan fingerprint density at radius 3 is 2.59 bits per heavy atom. The Labute approximate surface area is 110 Å². The van der Waals surface area contributed by atoms with Crippen LogP contribution in [0.15, 0.2) is 18.2 Å². The first kappa shape index (κ1) is 14.2. The smallest absolute Gasteiger partial charge is 0.0660 e. The standard InChI is InChI=1S/C14H23ClN2/c1-4-6-9-17(11(3)5-2)14-8-7-12(16)10-13(14)15/h7-8,10-11H,4-6,9,16H2,1-3H3. The molecule has 0 aliphatic carbocycles. The number of hydrogen-bond donors (Lipinski definition) is 1. The van der Waals surface area contributed by atoms with E-state index in [1.165, 1.54) is 12.8 Å². The van der Waals surface area contributed by atoms with E-state index in [9.17, 15) is 0 Å². The van der Waals surface area contributed by atoms with Crippen LogP contribution in [0.5, 0.6) is 0 Å². The van der Waals surface area contributed by atoms with Gasteiger partial charge in [0.05, 0.1) is 10.7 Å². The van der Waals surface area contributed by atoms with Gasteiger partial charge in [-0.3, -0.25) is 0 Å². The fourth-order valence-electron chi connectivity index (χ4n) is 1.88. The zero-order valence-electron chi connectivity index (χ0n) is 11.0. The summed E-state index contributed by atoms with van der Waals surface area (Å²) in [6, 6.07) is 6.28. The number of unbranched alkanes of at least 4 members (excludes halogenated alkanes) is 1. The van der Waals surface area contributed by atoms with Crippen molar-refractivity contribution in [3.63, 3.8) is 0 Å². The van der Waals surface area contributed by atoms with Gasteiger partial charge in [0.15, 0.2) is 0 Å². The van der Waals surface area contributed by atoms with Gasteiger partial charge in [0.1, 0.15) is 0 Å². The second kappa shape index (κ2) is 6.75. The molecule has 1 aromatic carbocycles. The van der Waals surface area contributed by atoms with E-state index >= 15 is 0 Å². The second-order valence-corrected chi connectivity index (χ2v) is 4.92. The minimum absolute atomic E-state index is 0.502. The Morgan fingerprint density at radius 1 is 1.35 bits per heavy atom. The van der Waals surface area contributed by atoms with Crippen LogP contribution >= 0.6 is 11.6 Å². The number of nitrogens with zero attached hydrogens (tertiary/aromatic N) is 1. The third-order valence-corrected chi connectivity index (χ3v) is 3.46. The molecule has 0 bridgehead atoms. The van der Waals surface area contributed by atoms with E-state index in [-0.39, 0.29) is 0 Å². The summed E-state index contributed by atoms with van der Waals surface area (Å²) in [5, 5.41) is 0.751. The van der Waals surface area contributed by atoms with E-state index in [1.807, 2.05) is 18.2 Å². The van der Waals surface area contributed by atoms with Crippen LogP contribution < -0.4 is 10.6 Å². The molecule has 0 aliphatic rings. The second-order valence-electron chi connectivity index (χ2n) is 4.52. The average Bonchev–Trinajstić information content (AvgIpc) is 2.31. The molecule has 1 unspecified atom stereocenters. The number of nitrogen functional groups attached to an aromatic ring is 1. The molecule has 0 fully saturated rings. The number of benzene rings is 1. The molecule has 0 amide bonds. The van der Waals surface area contributed by atoms with Crippen molar-refractivity contribution < 1.29 is 0 Å². The van der Waals surface area contributed by atoms with Gasteiger partial charge in [0.25, 0.3) is 0 Å². The molecule has 0 heterocycles. The van der Waals surface area contributed by atoms with Crippen molar-refractivity contribution in [3.05, 3.63) is 23.2 Å². The normalized spacial score (nSPS) is 12.5. The lowest BCUT2D eigenvalue weighted by molar-refractivity contribution is 0.596. The van der Waals surface area contributed by atoms with Crippen LogP contribution in [0, 0.1) is 0 Å². The molecule has 2 N–H and O–H groups in total. The molecule has 2 nitrogen and oxygen atoms in total. The van der Waals surface area contributed by atoms with E-state index in [4.69, 9.17) is 17.3 Å². The molecule has 0 saturated heterocycles. The molecule has 1 aromatic rings. The lowest BCUT2D eigenvalue weighted by Crippen LogP contribution is -2.33. The SMILES string of the molecule is CCCCN(c1ccc(N)cc1Cl)C(C)CC. The molecule has 0 aliphatic heterocycles. The Bertz CT molecular complexity index is 352. The maximum atomic E-state index is 6.28. The van der Waals surface area contributed by atoms with Crippen LogP contribution in [-0.2, 0) is 0 Å². The Kier molecular flexibility index (Phi) is 5.63. The summed E-state index contributed by atoms with van der Waals surface area (Å²) in [6.07, 6.45) is 3.50. The van der Waals surface area contributed by atoms with Crippen molar-refractivity contribution in [2.45, 2.75) is 46.1 Å². The molecule has 1 rings (SSSR count). The van der Waals surface area contributed by atoms with Crippen LogP contribution in [-0.4, -0.2) is 12.6 Å². The quantitative estimate of drug-likeness (QED) is 0.766. The number of rotatable bonds is 6. The molecule has 0 spiro atoms. The van der Waals surface area contributed by atoms with Gasteiger partial charge in [-0.2, -0.15) is 0 Å². The molecule has 0 saturated carbocycles. The minimum Gasteiger partial charge on any atom is -0.399 e. The first-order valence-corrected chi connectivity index (χ1v) is 6.79. The Balaban J connectivity index is 2.95. The molecule has 0 radical (unpaired) electrons. The van der Waals surface area contributed by atoms with Crippen molar-refractivity contribution in [3.8, 4) is 0 Å². The first-order valence-electron chi connectivity index (χ1n) is 6.41. The molecule has 1 atom stereocenters. The lowest BCUT2D eigenvalue weighted by atomic mass is 10.1. The molecule has 0 aromatic heterocycles. The number of hydrogen-bond acceptors (Lipinski definition) is 2. The Hall–Kier alpha value is -0.890. The van der Waals surface area contributed by atoms with Gasteiger partial charge in [-0.25, -0.2) is 0 Å². The maximum Gasteiger partial charge on any atom is 0.0660 e. The van der Waals surface area contributed by atoms with Crippen LogP contribution in [0.3, 0.4) is 0 Å². The fraction of sp³-hybridized carbons (Fsp3) is 0.571. The van der Waals surface area contributed by atoms with Gasteiger partial charge in [0.2, 0.25) is 0 Å². The van der Waals surface area contributed by atoms with E-state index in [0.29, 0.717) is 6.04 Å². The third-order valence-electron chi connectivity index (χ3n) is 3.16. The fourth-order valence-corrected chi connectivity index (χ4v) is 2.18. The van der Waals surface area contributed by atoms with Crippen LogP contribution in [0.4, 0.5) is 11.4 Å². The molecular weight excluding hydrogens is 232 g/mol. The summed E-state index contributed by atoms with van der Waals surface area (Å²) in [6.45, 7) is 7.70. The van der Waals surface area contributed by atoms with Crippen molar-refractivity contribution in [1.29, 1.82) is 0 Å². The van der Waals surface area contributed by atoms with Crippen molar-refractivity contribution >= 4 is 23.0 Å². The van der Waals surface area contributed by atoms with Gasteiger partial charge in [-0.05, 0) is 38.0 Å². The zero-order valence-corrected chi connectivity index (χ0v) is 11.8. The summed E-state index contributed by atoms with van der Waals surface area (Å²) in [7, 11) is 0. The highest BCUT2D eigenvalue weighted by Crippen LogP contribution is 2.30. The number of halogens is 1. The number of nitrogens with two attached hydrogens (primary N) is 1. The molecule has 96 valence electrons. The topological polar surface area (TPSA) is 29.3 Å². The minimum atomic E-state index is 0.502. The van der Waals surface area contributed by atoms with Crippen molar-refractivity contribution in [1.82, 2.24) is 0 Å². The van der Waals surface area contributed by atoms with Crippen molar-refractivity contribution in [2.75, 3.05) is 17.2 Å². The maximum absolute atomic E-state index is 6.28. The molecule has 17 heavy (non-hydrogen) atoms. The van der Waals surface area contributed by atoms with Gasteiger partial charge >= 0.3 is 0 Å². The monoisotopic (exact) mass is 254 g/mol. The third kappa shape index (κ3) is 3.81. The van der Waals surface area contributed by atoms with Crippen LogP contribution in [0.1, 0.15) is 40.0 Å². The van der Waals surface area contributed by atoms with Gasteiger partial charge in [0, 0.05) is 18.3 Å². The van der Waals surface area contributed by atoms with Gasteiger partial charge in [-0.15, -0.1) is 0 Å². The number of anilines is 2. The molecule has 3 heteroatoms. The van der Waals surface area contributed by atoms with E-state index in [2.05, 4.69) is 25.7 Å².